The minimum absolute atomic E-state index is 0.557. The van der Waals surface area contributed by atoms with Crippen LogP contribution in [0.5, 0.6) is 11.5 Å². The lowest BCUT2D eigenvalue weighted by Gasteiger charge is -2.12. The Balaban J connectivity index is 1.60. The molecule has 0 saturated heterocycles. The number of rotatable bonds is 4. The predicted octanol–water partition coefficient (Wildman–Crippen LogP) is 5.90. The summed E-state index contributed by atoms with van der Waals surface area (Å²) in [6.45, 7) is 4.14. The summed E-state index contributed by atoms with van der Waals surface area (Å²) in [4.78, 5) is 0. The number of benzene rings is 3. The average molecular weight is 348 g/mol. The molecule has 2 N–H and O–H groups in total. The number of anilines is 2. The molecule has 0 heterocycles. The van der Waals surface area contributed by atoms with Crippen molar-refractivity contribution in [2.45, 2.75) is 13.8 Å². The number of hydrogen-bond donors (Lipinski definition) is 2. The first-order chi connectivity index (χ1) is 12.1. The Morgan fingerprint density at radius 2 is 1.28 bits per heavy atom. The number of nitrogens with one attached hydrogen (secondary N) is 2. The fourth-order valence-electron chi connectivity index (χ4n) is 2.57. The molecule has 0 aliphatic carbocycles. The number of aryl methyl sites for hydroxylation is 2. The lowest BCUT2D eigenvalue weighted by Crippen LogP contribution is -2.19. The van der Waals surface area contributed by atoms with E-state index in [4.69, 9.17) is 17.0 Å². The fraction of sp³-hybridized carbons (Fsp3) is 0.0952. The molecule has 0 bridgehead atoms. The highest BCUT2D eigenvalue weighted by molar-refractivity contribution is 7.80. The van der Waals surface area contributed by atoms with E-state index in [-0.39, 0.29) is 0 Å². The maximum Gasteiger partial charge on any atom is 0.175 e. The molecule has 3 nitrogen and oxygen atoms in total. The second-order valence-electron chi connectivity index (χ2n) is 5.90. The van der Waals surface area contributed by atoms with Gasteiger partial charge >= 0.3 is 0 Å². The van der Waals surface area contributed by atoms with E-state index in [1.165, 1.54) is 11.1 Å². The zero-order chi connectivity index (χ0) is 17.6. The van der Waals surface area contributed by atoms with Crippen molar-refractivity contribution in [2.24, 2.45) is 0 Å². The predicted molar refractivity (Wildman–Crippen MR) is 109 cm³/mol. The summed E-state index contributed by atoms with van der Waals surface area (Å²) in [7, 11) is 0. The number of para-hydroxylation sites is 1. The Labute approximate surface area is 153 Å². The summed E-state index contributed by atoms with van der Waals surface area (Å²) in [6, 6.07) is 23.7. The molecule has 0 spiro atoms. The van der Waals surface area contributed by atoms with Gasteiger partial charge in [0.25, 0.3) is 0 Å². The van der Waals surface area contributed by atoms with E-state index in [9.17, 15) is 0 Å². The third kappa shape index (κ3) is 5.06. The molecule has 0 fully saturated rings. The minimum atomic E-state index is 0.557. The molecular formula is C21H20N2OS. The minimum Gasteiger partial charge on any atom is -0.457 e. The van der Waals surface area contributed by atoms with E-state index in [1.807, 2.05) is 54.6 Å². The van der Waals surface area contributed by atoms with E-state index in [2.05, 4.69) is 42.7 Å². The summed E-state index contributed by atoms with van der Waals surface area (Å²) in [5.74, 6) is 1.60. The molecule has 0 aromatic heterocycles. The molecule has 0 unspecified atom stereocenters. The maximum absolute atomic E-state index is 5.78. The van der Waals surface area contributed by atoms with Gasteiger partial charge in [-0.15, -0.1) is 0 Å². The first-order valence-corrected chi connectivity index (χ1v) is 8.48. The number of ether oxygens (including phenoxy) is 1. The summed E-state index contributed by atoms with van der Waals surface area (Å²) >= 11 is 5.39. The Bertz CT molecular complexity index is 841. The highest BCUT2D eigenvalue weighted by Crippen LogP contribution is 2.23. The van der Waals surface area contributed by atoms with Crippen LogP contribution in [0.25, 0.3) is 0 Å². The molecule has 3 aromatic rings. The van der Waals surface area contributed by atoms with Gasteiger partial charge in [-0.1, -0.05) is 24.3 Å². The Morgan fingerprint density at radius 3 is 1.92 bits per heavy atom. The van der Waals surface area contributed by atoms with Gasteiger partial charge in [0, 0.05) is 11.4 Å². The van der Waals surface area contributed by atoms with E-state index in [0.717, 1.165) is 22.9 Å². The molecule has 0 aliphatic heterocycles. The van der Waals surface area contributed by atoms with Crippen LogP contribution in [0.4, 0.5) is 11.4 Å². The molecule has 0 aliphatic rings. The molecule has 3 aromatic carbocycles. The van der Waals surface area contributed by atoms with Gasteiger partial charge in [0.05, 0.1) is 0 Å². The summed E-state index contributed by atoms with van der Waals surface area (Å²) < 4.78 is 5.78. The van der Waals surface area contributed by atoms with Crippen molar-refractivity contribution in [3.63, 3.8) is 0 Å². The Morgan fingerprint density at radius 1 is 0.720 bits per heavy atom. The van der Waals surface area contributed by atoms with Crippen molar-refractivity contribution >= 4 is 28.7 Å². The topological polar surface area (TPSA) is 33.3 Å². The summed E-state index contributed by atoms with van der Waals surface area (Å²) in [6.07, 6.45) is 0. The quantitative estimate of drug-likeness (QED) is 0.575. The van der Waals surface area contributed by atoms with Crippen LogP contribution in [0.1, 0.15) is 11.1 Å². The van der Waals surface area contributed by atoms with Gasteiger partial charge in [0.2, 0.25) is 0 Å². The lowest BCUT2D eigenvalue weighted by atomic mass is 10.1. The maximum atomic E-state index is 5.78. The first kappa shape index (κ1) is 17.0. The fourth-order valence-corrected chi connectivity index (χ4v) is 2.81. The van der Waals surface area contributed by atoms with Crippen LogP contribution in [-0.4, -0.2) is 5.11 Å². The number of hydrogen-bond acceptors (Lipinski definition) is 2. The van der Waals surface area contributed by atoms with Crippen LogP contribution >= 0.6 is 12.2 Å². The largest absolute Gasteiger partial charge is 0.457 e. The average Bonchev–Trinajstić information content (AvgIpc) is 2.56. The van der Waals surface area contributed by atoms with Gasteiger partial charge in [0.1, 0.15) is 11.5 Å². The Hall–Kier alpha value is -2.85. The van der Waals surface area contributed by atoms with Gasteiger partial charge in [0.15, 0.2) is 5.11 Å². The van der Waals surface area contributed by atoms with Crippen molar-refractivity contribution in [3.05, 3.63) is 83.9 Å². The highest BCUT2D eigenvalue weighted by Gasteiger charge is 2.02. The smallest absolute Gasteiger partial charge is 0.175 e. The molecule has 0 radical (unpaired) electrons. The van der Waals surface area contributed by atoms with E-state index < -0.39 is 0 Å². The molecule has 0 atom stereocenters. The van der Waals surface area contributed by atoms with Crippen LogP contribution in [0, 0.1) is 13.8 Å². The Kier molecular flexibility index (Phi) is 5.31. The first-order valence-electron chi connectivity index (χ1n) is 8.08. The zero-order valence-electron chi connectivity index (χ0n) is 14.2. The van der Waals surface area contributed by atoms with Crippen molar-refractivity contribution in [3.8, 4) is 11.5 Å². The highest BCUT2D eigenvalue weighted by atomic mass is 32.1. The van der Waals surface area contributed by atoms with Crippen molar-refractivity contribution in [1.82, 2.24) is 0 Å². The van der Waals surface area contributed by atoms with E-state index in [1.54, 1.807) is 0 Å². The van der Waals surface area contributed by atoms with Crippen LogP contribution in [-0.2, 0) is 0 Å². The van der Waals surface area contributed by atoms with Crippen molar-refractivity contribution in [1.29, 1.82) is 0 Å². The van der Waals surface area contributed by atoms with Crippen LogP contribution in [0.3, 0.4) is 0 Å². The van der Waals surface area contributed by atoms with E-state index >= 15 is 0 Å². The van der Waals surface area contributed by atoms with Gasteiger partial charge in [-0.25, -0.2) is 0 Å². The molecular weight excluding hydrogens is 328 g/mol. The second kappa shape index (κ2) is 7.81. The van der Waals surface area contributed by atoms with Gasteiger partial charge in [-0.3, -0.25) is 0 Å². The van der Waals surface area contributed by atoms with E-state index in [0.29, 0.717) is 5.11 Å². The molecule has 126 valence electrons. The molecule has 0 amide bonds. The SMILES string of the molecule is Cc1cc(C)cc(NC(=S)Nc2ccc(Oc3ccccc3)cc2)c1. The molecule has 3 rings (SSSR count). The zero-order valence-corrected chi connectivity index (χ0v) is 15.1. The normalized spacial score (nSPS) is 10.2. The monoisotopic (exact) mass is 348 g/mol. The van der Waals surface area contributed by atoms with Crippen molar-refractivity contribution in [2.75, 3.05) is 10.6 Å². The molecule has 25 heavy (non-hydrogen) atoms. The van der Waals surface area contributed by atoms with Crippen LogP contribution < -0.4 is 15.4 Å². The lowest BCUT2D eigenvalue weighted by molar-refractivity contribution is 0.483. The van der Waals surface area contributed by atoms with Crippen molar-refractivity contribution < 1.29 is 4.74 Å². The van der Waals surface area contributed by atoms with Crippen LogP contribution in [0.15, 0.2) is 72.8 Å². The van der Waals surface area contributed by atoms with Crippen LogP contribution in [0.2, 0.25) is 0 Å². The summed E-state index contributed by atoms with van der Waals surface area (Å²) in [5.41, 5.74) is 4.29. The third-order valence-electron chi connectivity index (χ3n) is 3.57. The molecule has 4 heteroatoms. The molecule has 0 saturated carbocycles. The third-order valence-corrected chi connectivity index (χ3v) is 3.77. The number of thiocarbonyl (C=S) groups is 1. The summed E-state index contributed by atoms with van der Waals surface area (Å²) in [5, 5.41) is 6.96. The van der Waals surface area contributed by atoms with Gasteiger partial charge < -0.3 is 15.4 Å². The standard InChI is InChI=1S/C21H20N2OS/c1-15-12-16(2)14-18(13-15)23-21(25)22-17-8-10-20(11-9-17)24-19-6-4-3-5-7-19/h3-14H,1-2H3,(H2,22,23,25). The second-order valence-corrected chi connectivity index (χ2v) is 6.30. The van der Waals surface area contributed by atoms with Gasteiger partial charge in [-0.2, -0.15) is 0 Å². The van der Waals surface area contributed by atoms with Gasteiger partial charge in [-0.05, 0) is 85.7 Å².